The van der Waals surface area contributed by atoms with Crippen molar-refractivity contribution in [1.82, 2.24) is 10.2 Å². The van der Waals surface area contributed by atoms with Crippen molar-refractivity contribution >= 4 is 5.91 Å². The fourth-order valence-corrected chi connectivity index (χ4v) is 2.07. The summed E-state index contributed by atoms with van der Waals surface area (Å²) in [6.45, 7) is 5.25. The Labute approximate surface area is 93.2 Å². The Kier molecular flexibility index (Phi) is 5.69. The second-order valence-electron chi connectivity index (χ2n) is 4.65. The van der Waals surface area contributed by atoms with Gasteiger partial charge in [0.05, 0.1) is 0 Å². The second kappa shape index (κ2) is 6.83. The van der Waals surface area contributed by atoms with E-state index in [0.29, 0.717) is 11.8 Å². The molecule has 15 heavy (non-hydrogen) atoms. The molecular formula is C12H24N2O. The maximum Gasteiger partial charge on any atom is 0.222 e. The van der Waals surface area contributed by atoms with Crippen LogP contribution in [0.1, 0.15) is 39.0 Å². The first-order chi connectivity index (χ1) is 7.24. The van der Waals surface area contributed by atoms with E-state index in [4.69, 9.17) is 0 Å². The Morgan fingerprint density at radius 1 is 1.40 bits per heavy atom. The lowest BCUT2D eigenvalue weighted by Gasteiger charge is -2.15. The fraction of sp³-hybridized carbons (Fsp3) is 0.917. The molecule has 3 heteroatoms. The summed E-state index contributed by atoms with van der Waals surface area (Å²) in [7, 11) is 1.97. The van der Waals surface area contributed by atoms with Crippen LogP contribution in [0.25, 0.3) is 0 Å². The van der Waals surface area contributed by atoms with Crippen molar-refractivity contribution in [2.75, 3.05) is 26.7 Å². The van der Waals surface area contributed by atoms with Gasteiger partial charge in [-0.25, -0.2) is 0 Å². The zero-order valence-electron chi connectivity index (χ0n) is 10.1. The number of likely N-dealkylation sites (tertiary alicyclic amines) is 1. The monoisotopic (exact) mass is 212 g/mol. The number of carbonyl (C=O) groups excluding carboxylic acids is 1. The number of hydrogen-bond donors (Lipinski definition) is 1. The zero-order valence-corrected chi connectivity index (χ0v) is 10.1. The number of carbonyl (C=O) groups is 1. The molecule has 1 fully saturated rings. The number of unbranched alkanes of at least 4 members (excludes halogenated alkanes) is 2. The highest BCUT2D eigenvalue weighted by Gasteiger charge is 2.22. The standard InChI is InChI=1S/C12H24N2O/c1-11-7-9-14(10-11)12(15)6-4-3-5-8-13-2/h11,13H,3-10H2,1-2H3/t11-/m1/s1. The first-order valence-electron chi connectivity index (χ1n) is 6.16. The van der Waals surface area contributed by atoms with Crippen molar-refractivity contribution in [1.29, 1.82) is 0 Å². The van der Waals surface area contributed by atoms with Gasteiger partial charge in [-0.15, -0.1) is 0 Å². The molecule has 1 N–H and O–H groups in total. The summed E-state index contributed by atoms with van der Waals surface area (Å²) in [6, 6.07) is 0. The summed E-state index contributed by atoms with van der Waals surface area (Å²) in [5.74, 6) is 1.07. The first kappa shape index (κ1) is 12.5. The predicted octanol–water partition coefficient (Wildman–Crippen LogP) is 1.63. The fourth-order valence-electron chi connectivity index (χ4n) is 2.07. The quantitative estimate of drug-likeness (QED) is 0.679. The predicted molar refractivity (Wildman–Crippen MR) is 62.8 cm³/mol. The van der Waals surface area contributed by atoms with Crippen LogP contribution in [-0.4, -0.2) is 37.5 Å². The molecule has 0 unspecified atom stereocenters. The van der Waals surface area contributed by atoms with Gasteiger partial charge in [0.15, 0.2) is 0 Å². The van der Waals surface area contributed by atoms with Crippen molar-refractivity contribution in [3.8, 4) is 0 Å². The molecule has 0 spiro atoms. The number of nitrogens with one attached hydrogen (secondary N) is 1. The van der Waals surface area contributed by atoms with Crippen molar-refractivity contribution in [3.63, 3.8) is 0 Å². The van der Waals surface area contributed by atoms with Crippen LogP contribution in [0.2, 0.25) is 0 Å². The van der Waals surface area contributed by atoms with Gasteiger partial charge >= 0.3 is 0 Å². The smallest absolute Gasteiger partial charge is 0.222 e. The van der Waals surface area contributed by atoms with Crippen LogP contribution in [0.4, 0.5) is 0 Å². The van der Waals surface area contributed by atoms with Crippen molar-refractivity contribution in [2.24, 2.45) is 5.92 Å². The maximum atomic E-state index is 11.7. The highest BCUT2D eigenvalue weighted by Crippen LogP contribution is 2.16. The van der Waals surface area contributed by atoms with E-state index in [2.05, 4.69) is 12.2 Å². The Morgan fingerprint density at radius 3 is 2.80 bits per heavy atom. The average molecular weight is 212 g/mol. The van der Waals surface area contributed by atoms with Crippen LogP contribution in [-0.2, 0) is 4.79 Å². The van der Waals surface area contributed by atoms with Gasteiger partial charge in [0.1, 0.15) is 0 Å². The van der Waals surface area contributed by atoms with E-state index in [9.17, 15) is 4.79 Å². The summed E-state index contributed by atoms with van der Waals surface area (Å²) < 4.78 is 0. The van der Waals surface area contributed by atoms with Gasteiger partial charge in [0.2, 0.25) is 5.91 Å². The van der Waals surface area contributed by atoms with Crippen LogP contribution in [0.3, 0.4) is 0 Å². The molecule has 1 heterocycles. The van der Waals surface area contributed by atoms with Gasteiger partial charge in [-0.1, -0.05) is 13.3 Å². The van der Waals surface area contributed by atoms with Crippen LogP contribution in [0.5, 0.6) is 0 Å². The maximum absolute atomic E-state index is 11.7. The summed E-state index contributed by atoms with van der Waals surface area (Å²) in [6.07, 6.45) is 5.32. The van der Waals surface area contributed by atoms with Gasteiger partial charge in [0, 0.05) is 19.5 Å². The molecule has 0 saturated carbocycles. The molecule has 1 saturated heterocycles. The number of rotatable bonds is 6. The lowest BCUT2D eigenvalue weighted by Crippen LogP contribution is -2.28. The van der Waals surface area contributed by atoms with Gasteiger partial charge in [-0.3, -0.25) is 4.79 Å². The molecule has 0 aromatic carbocycles. The number of nitrogens with zero attached hydrogens (tertiary/aromatic N) is 1. The highest BCUT2D eigenvalue weighted by atomic mass is 16.2. The molecule has 0 aliphatic carbocycles. The van der Waals surface area contributed by atoms with Crippen LogP contribution in [0, 0.1) is 5.92 Å². The van der Waals surface area contributed by atoms with E-state index in [1.54, 1.807) is 0 Å². The largest absolute Gasteiger partial charge is 0.342 e. The lowest BCUT2D eigenvalue weighted by atomic mass is 10.1. The topological polar surface area (TPSA) is 32.3 Å². The third kappa shape index (κ3) is 4.65. The van der Waals surface area contributed by atoms with Crippen LogP contribution >= 0.6 is 0 Å². The van der Waals surface area contributed by atoms with Gasteiger partial charge in [0.25, 0.3) is 0 Å². The summed E-state index contributed by atoms with van der Waals surface area (Å²) in [5, 5.41) is 3.12. The van der Waals surface area contributed by atoms with Gasteiger partial charge in [-0.2, -0.15) is 0 Å². The van der Waals surface area contributed by atoms with E-state index in [1.807, 2.05) is 11.9 Å². The van der Waals surface area contributed by atoms with E-state index in [-0.39, 0.29) is 0 Å². The molecule has 1 rings (SSSR count). The molecule has 0 aromatic heterocycles. The third-order valence-corrected chi connectivity index (χ3v) is 3.09. The molecule has 1 aliphatic heterocycles. The minimum atomic E-state index is 0.365. The molecule has 1 aliphatic rings. The van der Waals surface area contributed by atoms with E-state index in [1.165, 1.54) is 12.8 Å². The summed E-state index contributed by atoms with van der Waals surface area (Å²) in [5.41, 5.74) is 0. The molecule has 88 valence electrons. The van der Waals surface area contributed by atoms with Crippen molar-refractivity contribution in [3.05, 3.63) is 0 Å². The van der Waals surface area contributed by atoms with E-state index >= 15 is 0 Å². The molecule has 1 amide bonds. The minimum absolute atomic E-state index is 0.365. The minimum Gasteiger partial charge on any atom is -0.342 e. The van der Waals surface area contributed by atoms with E-state index in [0.717, 1.165) is 38.9 Å². The lowest BCUT2D eigenvalue weighted by molar-refractivity contribution is -0.130. The molecule has 0 aromatic rings. The van der Waals surface area contributed by atoms with E-state index < -0.39 is 0 Å². The normalized spacial score (nSPS) is 20.9. The highest BCUT2D eigenvalue weighted by molar-refractivity contribution is 5.76. The van der Waals surface area contributed by atoms with Gasteiger partial charge in [-0.05, 0) is 38.8 Å². The Hall–Kier alpha value is -0.570. The molecule has 1 atom stereocenters. The SMILES string of the molecule is CNCCCCCC(=O)N1CC[C@@H](C)C1. The van der Waals surface area contributed by atoms with Crippen molar-refractivity contribution in [2.45, 2.75) is 39.0 Å². The Morgan fingerprint density at radius 2 is 2.20 bits per heavy atom. The zero-order chi connectivity index (χ0) is 11.1. The van der Waals surface area contributed by atoms with Gasteiger partial charge < -0.3 is 10.2 Å². The first-order valence-corrected chi connectivity index (χ1v) is 6.16. The number of hydrogen-bond acceptors (Lipinski definition) is 2. The average Bonchev–Trinajstić information content (AvgIpc) is 2.64. The van der Waals surface area contributed by atoms with Crippen LogP contribution < -0.4 is 5.32 Å². The third-order valence-electron chi connectivity index (χ3n) is 3.09. The summed E-state index contributed by atoms with van der Waals surface area (Å²) >= 11 is 0. The number of amides is 1. The Balaban J connectivity index is 2.03. The van der Waals surface area contributed by atoms with Crippen molar-refractivity contribution < 1.29 is 4.79 Å². The molecule has 0 radical (unpaired) electrons. The molecule has 0 bridgehead atoms. The molecular weight excluding hydrogens is 188 g/mol. The van der Waals surface area contributed by atoms with Crippen LogP contribution in [0.15, 0.2) is 0 Å². The summed E-state index contributed by atoms with van der Waals surface area (Å²) in [4.78, 5) is 13.8. The Bertz CT molecular complexity index is 194. The second-order valence-corrected chi connectivity index (χ2v) is 4.65. The molecule has 3 nitrogen and oxygen atoms in total.